The van der Waals surface area contributed by atoms with Gasteiger partial charge in [0.25, 0.3) is 0 Å². The molecular formula is C16H20N2. The van der Waals surface area contributed by atoms with E-state index in [0.717, 1.165) is 12.8 Å². The molecule has 0 radical (unpaired) electrons. The molecule has 0 aromatic heterocycles. The highest BCUT2D eigenvalue weighted by Crippen LogP contribution is 2.54. The fourth-order valence-corrected chi connectivity index (χ4v) is 3.65. The molecule has 0 saturated heterocycles. The second-order valence-corrected chi connectivity index (χ2v) is 5.55. The standard InChI is InChI=1S/C16H20N2/c1-4-15(2)13-8-5-6-9-14(13)18(3)16(15)10-7-11-17-12-16/h5-9,11-12H,4,10H2,1-3H3. The van der Waals surface area contributed by atoms with E-state index in [4.69, 9.17) is 0 Å². The van der Waals surface area contributed by atoms with E-state index >= 15 is 0 Å². The van der Waals surface area contributed by atoms with Gasteiger partial charge < -0.3 is 4.90 Å². The SMILES string of the molecule is CCC1(C)c2ccccc2N(C)C12C=NC=CC2. The Labute approximate surface area is 109 Å². The highest BCUT2D eigenvalue weighted by molar-refractivity contribution is 5.86. The van der Waals surface area contributed by atoms with E-state index in [9.17, 15) is 0 Å². The fraction of sp³-hybridized carbons (Fsp3) is 0.438. The molecule has 0 N–H and O–H groups in total. The molecule has 0 aliphatic carbocycles. The van der Waals surface area contributed by atoms with Gasteiger partial charge in [0.1, 0.15) is 0 Å². The molecule has 2 aliphatic heterocycles. The Morgan fingerprint density at radius 2 is 2.11 bits per heavy atom. The first-order valence-electron chi connectivity index (χ1n) is 6.68. The molecule has 18 heavy (non-hydrogen) atoms. The van der Waals surface area contributed by atoms with Gasteiger partial charge in [-0.1, -0.05) is 38.1 Å². The molecule has 1 spiro atoms. The van der Waals surface area contributed by atoms with Crippen molar-refractivity contribution >= 4 is 11.9 Å². The smallest absolute Gasteiger partial charge is 0.0880 e. The van der Waals surface area contributed by atoms with E-state index in [2.05, 4.69) is 67.3 Å². The largest absolute Gasteiger partial charge is 0.362 e. The Hall–Kier alpha value is -1.57. The minimum atomic E-state index is 0.000185. The predicted molar refractivity (Wildman–Crippen MR) is 77.5 cm³/mol. The molecule has 2 atom stereocenters. The van der Waals surface area contributed by atoms with E-state index in [1.807, 2.05) is 6.20 Å². The van der Waals surface area contributed by atoms with E-state index in [-0.39, 0.29) is 11.0 Å². The molecular weight excluding hydrogens is 220 g/mol. The number of nitrogens with zero attached hydrogens (tertiary/aromatic N) is 2. The van der Waals surface area contributed by atoms with Crippen molar-refractivity contribution < 1.29 is 0 Å². The van der Waals surface area contributed by atoms with Gasteiger partial charge in [-0.05, 0) is 24.5 Å². The molecule has 2 heterocycles. The third kappa shape index (κ3) is 1.16. The van der Waals surface area contributed by atoms with Crippen LogP contribution in [-0.4, -0.2) is 18.8 Å². The summed E-state index contributed by atoms with van der Waals surface area (Å²) in [6, 6.07) is 8.77. The van der Waals surface area contributed by atoms with Crippen LogP contribution in [0.25, 0.3) is 0 Å². The van der Waals surface area contributed by atoms with Crippen molar-refractivity contribution in [2.45, 2.75) is 37.6 Å². The van der Waals surface area contributed by atoms with E-state index in [1.54, 1.807) is 0 Å². The summed E-state index contributed by atoms with van der Waals surface area (Å²) in [5, 5.41) is 0. The normalized spacial score (nSPS) is 33.2. The number of para-hydroxylation sites is 1. The lowest BCUT2D eigenvalue weighted by Crippen LogP contribution is -2.57. The first-order chi connectivity index (χ1) is 8.66. The molecule has 94 valence electrons. The first kappa shape index (κ1) is 11.5. The molecule has 1 aromatic rings. The Morgan fingerprint density at radius 3 is 2.78 bits per heavy atom. The van der Waals surface area contributed by atoms with Gasteiger partial charge in [0.2, 0.25) is 0 Å². The third-order valence-corrected chi connectivity index (χ3v) is 5.03. The number of hydrogen-bond acceptors (Lipinski definition) is 2. The lowest BCUT2D eigenvalue weighted by atomic mass is 9.65. The minimum absolute atomic E-state index is 0.000185. The van der Waals surface area contributed by atoms with Gasteiger partial charge in [-0.2, -0.15) is 0 Å². The zero-order valence-corrected chi connectivity index (χ0v) is 11.4. The summed E-state index contributed by atoms with van der Waals surface area (Å²) in [7, 11) is 2.20. The van der Waals surface area contributed by atoms with Crippen molar-refractivity contribution in [2.24, 2.45) is 4.99 Å². The van der Waals surface area contributed by atoms with E-state index in [1.165, 1.54) is 11.3 Å². The number of hydrogen-bond donors (Lipinski definition) is 0. The van der Waals surface area contributed by atoms with Crippen LogP contribution in [0.5, 0.6) is 0 Å². The van der Waals surface area contributed by atoms with Gasteiger partial charge in [-0.15, -0.1) is 0 Å². The van der Waals surface area contributed by atoms with Crippen molar-refractivity contribution in [2.75, 3.05) is 11.9 Å². The predicted octanol–water partition coefficient (Wildman–Crippen LogP) is 3.53. The Balaban J connectivity index is 2.24. The summed E-state index contributed by atoms with van der Waals surface area (Å²) in [6.07, 6.45) is 8.41. The van der Waals surface area contributed by atoms with Gasteiger partial charge >= 0.3 is 0 Å². The van der Waals surface area contributed by atoms with Crippen molar-refractivity contribution in [3.63, 3.8) is 0 Å². The molecule has 0 bridgehead atoms. The van der Waals surface area contributed by atoms with Gasteiger partial charge in [0, 0.05) is 30.6 Å². The zero-order valence-electron chi connectivity index (χ0n) is 11.4. The van der Waals surface area contributed by atoms with Crippen LogP contribution in [0.2, 0.25) is 0 Å². The third-order valence-electron chi connectivity index (χ3n) is 5.03. The lowest BCUT2D eigenvalue weighted by Gasteiger charge is -2.45. The van der Waals surface area contributed by atoms with Crippen molar-refractivity contribution in [1.29, 1.82) is 0 Å². The molecule has 1 aromatic carbocycles. The number of rotatable bonds is 1. The number of aliphatic imine (C=N–C) groups is 1. The second-order valence-electron chi connectivity index (χ2n) is 5.55. The van der Waals surface area contributed by atoms with Crippen molar-refractivity contribution in [3.8, 4) is 0 Å². The highest BCUT2D eigenvalue weighted by atomic mass is 15.2. The molecule has 2 heteroatoms. The number of anilines is 1. The Kier molecular flexibility index (Phi) is 2.37. The summed E-state index contributed by atoms with van der Waals surface area (Å²) in [5.41, 5.74) is 2.94. The summed E-state index contributed by atoms with van der Waals surface area (Å²) in [4.78, 5) is 6.86. The summed E-state index contributed by atoms with van der Waals surface area (Å²) < 4.78 is 0. The van der Waals surface area contributed by atoms with Gasteiger partial charge in [-0.3, -0.25) is 4.99 Å². The molecule has 0 saturated carbocycles. The van der Waals surface area contributed by atoms with E-state index in [0.29, 0.717) is 0 Å². The van der Waals surface area contributed by atoms with Gasteiger partial charge in [0.05, 0.1) is 5.54 Å². The minimum Gasteiger partial charge on any atom is -0.362 e. The van der Waals surface area contributed by atoms with Crippen LogP contribution in [0.4, 0.5) is 5.69 Å². The van der Waals surface area contributed by atoms with Crippen LogP contribution in [0.1, 0.15) is 32.3 Å². The second kappa shape index (κ2) is 3.71. The van der Waals surface area contributed by atoms with Crippen LogP contribution >= 0.6 is 0 Å². The molecule has 2 aliphatic rings. The maximum Gasteiger partial charge on any atom is 0.0880 e. The maximum absolute atomic E-state index is 4.44. The maximum atomic E-state index is 4.44. The molecule has 3 rings (SSSR count). The Bertz CT molecular complexity index is 532. The average molecular weight is 240 g/mol. The molecule has 0 fully saturated rings. The zero-order chi connectivity index (χ0) is 12.8. The molecule has 0 amide bonds. The monoisotopic (exact) mass is 240 g/mol. The molecule has 2 nitrogen and oxygen atoms in total. The van der Waals surface area contributed by atoms with Crippen LogP contribution in [0.3, 0.4) is 0 Å². The molecule has 2 unspecified atom stereocenters. The van der Waals surface area contributed by atoms with Crippen molar-refractivity contribution in [1.82, 2.24) is 0 Å². The highest BCUT2D eigenvalue weighted by Gasteiger charge is 2.55. The lowest BCUT2D eigenvalue weighted by molar-refractivity contribution is 0.324. The van der Waals surface area contributed by atoms with Gasteiger partial charge in [0.15, 0.2) is 0 Å². The van der Waals surface area contributed by atoms with Crippen LogP contribution < -0.4 is 4.90 Å². The number of likely N-dealkylation sites (N-methyl/N-ethyl adjacent to an activating group) is 1. The fourth-order valence-electron chi connectivity index (χ4n) is 3.65. The van der Waals surface area contributed by atoms with Gasteiger partial charge in [-0.25, -0.2) is 0 Å². The number of benzene rings is 1. The summed E-state index contributed by atoms with van der Waals surface area (Å²) in [5.74, 6) is 0. The number of fused-ring (bicyclic) bond motifs is 1. The van der Waals surface area contributed by atoms with Crippen molar-refractivity contribution in [3.05, 3.63) is 42.1 Å². The Morgan fingerprint density at radius 1 is 1.33 bits per heavy atom. The average Bonchev–Trinajstić information content (AvgIpc) is 2.62. The van der Waals surface area contributed by atoms with E-state index < -0.39 is 0 Å². The summed E-state index contributed by atoms with van der Waals surface area (Å²) in [6.45, 7) is 4.66. The van der Waals surface area contributed by atoms with Crippen LogP contribution in [-0.2, 0) is 5.41 Å². The van der Waals surface area contributed by atoms with Crippen LogP contribution in [0.15, 0.2) is 41.5 Å². The first-order valence-corrected chi connectivity index (χ1v) is 6.68. The topological polar surface area (TPSA) is 15.6 Å². The summed E-state index contributed by atoms with van der Waals surface area (Å²) >= 11 is 0. The van der Waals surface area contributed by atoms with Crippen LogP contribution in [0, 0.1) is 0 Å². The quantitative estimate of drug-likeness (QED) is 0.733.